The van der Waals surface area contributed by atoms with Gasteiger partial charge in [-0.15, -0.1) is 0 Å². The highest BCUT2D eigenvalue weighted by molar-refractivity contribution is 5.75. The zero-order chi connectivity index (χ0) is 10.9. The van der Waals surface area contributed by atoms with E-state index in [1.165, 1.54) is 0 Å². The van der Waals surface area contributed by atoms with Crippen LogP contribution in [-0.4, -0.2) is 11.1 Å². The Hall–Kier alpha value is -1.04. The molecule has 0 radical (unpaired) electrons. The van der Waals surface area contributed by atoms with Crippen molar-refractivity contribution in [3.05, 3.63) is 0 Å². The number of nitrogens with zero attached hydrogens (tertiary/aromatic N) is 1. The van der Waals surface area contributed by atoms with Crippen LogP contribution in [0.1, 0.15) is 51.4 Å². The summed E-state index contributed by atoms with van der Waals surface area (Å²) < 4.78 is 0. The van der Waals surface area contributed by atoms with Crippen LogP contribution < -0.4 is 0 Å². The van der Waals surface area contributed by atoms with E-state index in [4.69, 9.17) is 0 Å². The van der Waals surface area contributed by atoms with Crippen molar-refractivity contribution in [3.8, 4) is 6.07 Å². The minimum atomic E-state index is -0.685. The van der Waals surface area contributed by atoms with Gasteiger partial charge in [0.25, 0.3) is 0 Å². The Morgan fingerprint density at radius 3 is 2.13 bits per heavy atom. The van der Waals surface area contributed by atoms with Gasteiger partial charge in [0, 0.05) is 0 Å². The molecule has 2 rings (SSSR count). The highest BCUT2D eigenvalue weighted by atomic mass is 16.4. The molecule has 3 heteroatoms. The molecule has 0 bridgehead atoms. The molecule has 0 heterocycles. The molecule has 2 aliphatic rings. The summed E-state index contributed by atoms with van der Waals surface area (Å²) in [5.74, 6) is -0.685. The first-order chi connectivity index (χ1) is 7.13. The van der Waals surface area contributed by atoms with Crippen molar-refractivity contribution in [1.82, 2.24) is 0 Å². The fourth-order valence-corrected chi connectivity index (χ4v) is 3.10. The maximum absolute atomic E-state index is 11.2. The number of nitriles is 1. The Kier molecular flexibility index (Phi) is 2.46. The molecular formula is C12H17NO2. The Bertz CT molecular complexity index is 306. The van der Waals surface area contributed by atoms with Crippen LogP contribution >= 0.6 is 0 Å². The predicted octanol–water partition coefficient (Wildman–Crippen LogP) is 2.72. The van der Waals surface area contributed by atoms with Crippen LogP contribution in [0.3, 0.4) is 0 Å². The van der Waals surface area contributed by atoms with E-state index in [1.54, 1.807) is 0 Å². The molecule has 0 unspecified atom stereocenters. The smallest absolute Gasteiger partial charge is 0.309 e. The summed E-state index contributed by atoms with van der Waals surface area (Å²) in [5, 5.41) is 18.5. The average molecular weight is 207 g/mol. The minimum absolute atomic E-state index is 0.321. The summed E-state index contributed by atoms with van der Waals surface area (Å²) in [6.45, 7) is 0. The van der Waals surface area contributed by atoms with Crippen LogP contribution in [0.25, 0.3) is 0 Å². The summed E-state index contributed by atoms with van der Waals surface area (Å²) in [5.41, 5.74) is -0.876. The molecule has 0 amide bonds. The van der Waals surface area contributed by atoms with E-state index in [-0.39, 0.29) is 5.41 Å². The van der Waals surface area contributed by atoms with Gasteiger partial charge in [0.1, 0.15) is 0 Å². The molecule has 82 valence electrons. The van der Waals surface area contributed by atoms with Gasteiger partial charge < -0.3 is 5.11 Å². The van der Waals surface area contributed by atoms with Gasteiger partial charge in [0.15, 0.2) is 0 Å². The Morgan fingerprint density at radius 2 is 1.80 bits per heavy atom. The molecule has 0 aromatic carbocycles. The van der Waals surface area contributed by atoms with Gasteiger partial charge in [-0.2, -0.15) is 5.26 Å². The van der Waals surface area contributed by atoms with E-state index in [2.05, 4.69) is 6.07 Å². The molecule has 2 saturated carbocycles. The van der Waals surface area contributed by atoms with Crippen molar-refractivity contribution in [2.45, 2.75) is 51.4 Å². The first-order valence-electron chi connectivity index (χ1n) is 5.77. The lowest BCUT2D eigenvalue weighted by molar-refractivity contribution is -0.157. The van der Waals surface area contributed by atoms with E-state index < -0.39 is 11.4 Å². The lowest BCUT2D eigenvalue weighted by atomic mass is 9.60. The third kappa shape index (κ3) is 1.62. The van der Waals surface area contributed by atoms with Crippen molar-refractivity contribution in [2.75, 3.05) is 0 Å². The number of hydrogen-bond acceptors (Lipinski definition) is 2. The Morgan fingerprint density at radius 1 is 1.20 bits per heavy atom. The maximum Gasteiger partial charge on any atom is 0.309 e. The minimum Gasteiger partial charge on any atom is -0.481 e. The summed E-state index contributed by atoms with van der Waals surface area (Å²) in [6.07, 6.45) is 7.11. The predicted molar refractivity (Wildman–Crippen MR) is 55.1 cm³/mol. The summed E-state index contributed by atoms with van der Waals surface area (Å²) in [7, 11) is 0. The van der Waals surface area contributed by atoms with E-state index in [0.717, 1.165) is 44.9 Å². The summed E-state index contributed by atoms with van der Waals surface area (Å²) >= 11 is 0. The summed E-state index contributed by atoms with van der Waals surface area (Å²) in [6, 6.07) is 2.39. The molecule has 0 saturated heterocycles. The Labute approximate surface area is 90.1 Å². The number of carbonyl (C=O) groups is 1. The van der Waals surface area contributed by atoms with Crippen LogP contribution in [0.4, 0.5) is 0 Å². The quantitative estimate of drug-likeness (QED) is 0.774. The van der Waals surface area contributed by atoms with E-state index in [1.807, 2.05) is 0 Å². The fourth-order valence-electron chi connectivity index (χ4n) is 3.10. The number of carboxylic acids is 1. The number of aliphatic carboxylic acids is 1. The molecule has 2 fully saturated rings. The van der Waals surface area contributed by atoms with Crippen LogP contribution in [-0.2, 0) is 4.79 Å². The average Bonchev–Trinajstić information content (AvgIpc) is 2.60. The third-order valence-corrected chi connectivity index (χ3v) is 4.24. The van der Waals surface area contributed by atoms with Crippen molar-refractivity contribution >= 4 is 5.97 Å². The molecule has 0 atom stereocenters. The molecule has 15 heavy (non-hydrogen) atoms. The highest BCUT2D eigenvalue weighted by Crippen LogP contribution is 2.53. The SMILES string of the molecule is N#CC1(CC2(C(=O)O)CCC2)CCCC1. The number of hydrogen-bond donors (Lipinski definition) is 1. The maximum atomic E-state index is 11.2. The van der Waals surface area contributed by atoms with Crippen LogP contribution in [0.15, 0.2) is 0 Å². The van der Waals surface area contributed by atoms with Gasteiger partial charge in [-0.1, -0.05) is 19.3 Å². The largest absolute Gasteiger partial charge is 0.481 e. The molecule has 0 aromatic heterocycles. The van der Waals surface area contributed by atoms with Gasteiger partial charge in [-0.05, 0) is 32.1 Å². The second kappa shape index (κ2) is 3.52. The number of carboxylic acid groups (broad SMARTS) is 1. The monoisotopic (exact) mass is 207 g/mol. The van der Waals surface area contributed by atoms with Crippen molar-refractivity contribution in [1.29, 1.82) is 5.26 Å². The van der Waals surface area contributed by atoms with Gasteiger partial charge in [-0.3, -0.25) is 4.79 Å². The molecule has 1 N–H and O–H groups in total. The molecule has 0 spiro atoms. The van der Waals surface area contributed by atoms with Gasteiger partial charge in [0.05, 0.1) is 16.9 Å². The molecule has 2 aliphatic carbocycles. The van der Waals surface area contributed by atoms with Gasteiger partial charge >= 0.3 is 5.97 Å². The lowest BCUT2D eigenvalue weighted by Crippen LogP contribution is -2.42. The van der Waals surface area contributed by atoms with Crippen LogP contribution in [0.2, 0.25) is 0 Å². The van der Waals surface area contributed by atoms with Crippen molar-refractivity contribution in [3.63, 3.8) is 0 Å². The molecule has 3 nitrogen and oxygen atoms in total. The van der Waals surface area contributed by atoms with Crippen molar-refractivity contribution < 1.29 is 9.90 Å². The highest BCUT2D eigenvalue weighted by Gasteiger charge is 2.51. The molecular weight excluding hydrogens is 190 g/mol. The molecule has 0 aliphatic heterocycles. The fraction of sp³-hybridized carbons (Fsp3) is 0.833. The second-order valence-electron chi connectivity index (χ2n) is 5.22. The Balaban J connectivity index is 2.12. The lowest BCUT2D eigenvalue weighted by Gasteiger charge is -2.41. The first kappa shape index (κ1) is 10.5. The molecule has 0 aromatic rings. The van der Waals surface area contributed by atoms with E-state index >= 15 is 0 Å². The van der Waals surface area contributed by atoms with E-state index in [9.17, 15) is 15.2 Å². The standard InChI is InChI=1S/C12H17NO2/c13-9-11(4-1-2-5-11)8-12(10(14)15)6-3-7-12/h1-8H2,(H,14,15). The first-order valence-corrected chi connectivity index (χ1v) is 5.77. The van der Waals surface area contributed by atoms with Crippen LogP contribution in [0, 0.1) is 22.2 Å². The zero-order valence-electron chi connectivity index (χ0n) is 8.96. The zero-order valence-corrected chi connectivity index (χ0v) is 8.96. The summed E-state index contributed by atoms with van der Waals surface area (Å²) in [4.78, 5) is 11.2. The van der Waals surface area contributed by atoms with E-state index in [0.29, 0.717) is 6.42 Å². The number of rotatable bonds is 3. The normalized spacial score (nSPS) is 26.6. The van der Waals surface area contributed by atoms with Crippen LogP contribution in [0.5, 0.6) is 0 Å². The van der Waals surface area contributed by atoms with Gasteiger partial charge in [0.2, 0.25) is 0 Å². The second-order valence-corrected chi connectivity index (χ2v) is 5.22. The topological polar surface area (TPSA) is 61.1 Å². The van der Waals surface area contributed by atoms with Gasteiger partial charge in [-0.25, -0.2) is 0 Å². The van der Waals surface area contributed by atoms with Crippen molar-refractivity contribution in [2.24, 2.45) is 10.8 Å². The third-order valence-electron chi connectivity index (χ3n) is 4.24.